The molecule has 1 aliphatic rings. The van der Waals surface area contributed by atoms with Crippen LogP contribution in [-0.2, 0) is 9.59 Å². The van der Waals surface area contributed by atoms with Crippen molar-refractivity contribution in [2.75, 3.05) is 19.6 Å². The molecule has 5 heteroatoms. The van der Waals surface area contributed by atoms with Gasteiger partial charge in [-0.1, -0.05) is 6.92 Å². The SMILES string of the molecule is CCCNC(=O)C(C)NC(=O)C1CCNC1. The lowest BCUT2D eigenvalue weighted by atomic mass is 10.1. The Hall–Kier alpha value is -1.10. The van der Waals surface area contributed by atoms with Crippen LogP contribution in [0.2, 0.25) is 0 Å². The summed E-state index contributed by atoms with van der Waals surface area (Å²) in [7, 11) is 0. The van der Waals surface area contributed by atoms with E-state index in [0.717, 1.165) is 25.9 Å². The summed E-state index contributed by atoms with van der Waals surface area (Å²) in [5.41, 5.74) is 0. The Balaban J connectivity index is 2.29. The highest BCUT2D eigenvalue weighted by Gasteiger charge is 2.24. The fourth-order valence-electron chi connectivity index (χ4n) is 1.68. The summed E-state index contributed by atoms with van der Waals surface area (Å²) >= 11 is 0. The van der Waals surface area contributed by atoms with Crippen LogP contribution in [0.15, 0.2) is 0 Å². The second-order valence-corrected chi connectivity index (χ2v) is 4.21. The third kappa shape index (κ3) is 3.81. The van der Waals surface area contributed by atoms with Gasteiger partial charge in [-0.25, -0.2) is 0 Å². The standard InChI is InChI=1S/C11H21N3O2/c1-3-5-13-10(15)8(2)14-11(16)9-4-6-12-7-9/h8-9,12H,3-7H2,1-2H3,(H,13,15)(H,14,16). The lowest BCUT2D eigenvalue weighted by Gasteiger charge is -2.16. The minimum Gasteiger partial charge on any atom is -0.354 e. The van der Waals surface area contributed by atoms with Crippen molar-refractivity contribution >= 4 is 11.8 Å². The quantitative estimate of drug-likeness (QED) is 0.600. The van der Waals surface area contributed by atoms with Crippen molar-refractivity contribution < 1.29 is 9.59 Å². The van der Waals surface area contributed by atoms with Gasteiger partial charge in [-0.3, -0.25) is 9.59 Å². The molecule has 1 aliphatic heterocycles. The molecule has 1 fully saturated rings. The Morgan fingerprint density at radius 3 is 2.81 bits per heavy atom. The average Bonchev–Trinajstić information content (AvgIpc) is 2.79. The smallest absolute Gasteiger partial charge is 0.242 e. The number of carbonyl (C=O) groups is 2. The molecule has 0 aromatic carbocycles. The van der Waals surface area contributed by atoms with Gasteiger partial charge in [-0.2, -0.15) is 0 Å². The molecule has 0 aliphatic carbocycles. The number of hydrogen-bond donors (Lipinski definition) is 3. The molecule has 3 N–H and O–H groups in total. The molecular weight excluding hydrogens is 206 g/mol. The van der Waals surface area contributed by atoms with Gasteiger partial charge in [0, 0.05) is 13.1 Å². The third-order valence-electron chi connectivity index (χ3n) is 2.73. The summed E-state index contributed by atoms with van der Waals surface area (Å²) in [6.07, 6.45) is 1.76. The first-order valence-corrected chi connectivity index (χ1v) is 5.94. The van der Waals surface area contributed by atoms with E-state index in [1.807, 2.05) is 6.92 Å². The van der Waals surface area contributed by atoms with Crippen LogP contribution in [-0.4, -0.2) is 37.5 Å². The van der Waals surface area contributed by atoms with E-state index in [4.69, 9.17) is 0 Å². The lowest BCUT2D eigenvalue weighted by molar-refractivity contribution is -0.130. The van der Waals surface area contributed by atoms with Crippen LogP contribution in [0, 0.1) is 5.92 Å². The van der Waals surface area contributed by atoms with Crippen LogP contribution in [0.5, 0.6) is 0 Å². The summed E-state index contributed by atoms with van der Waals surface area (Å²) in [6.45, 7) is 5.96. The number of carbonyl (C=O) groups excluding carboxylic acids is 2. The van der Waals surface area contributed by atoms with E-state index in [9.17, 15) is 9.59 Å². The minimum absolute atomic E-state index is 0.0152. The molecule has 1 heterocycles. The summed E-state index contributed by atoms with van der Waals surface area (Å²) in [4.78, 5) is 23.2. The van der Waals surface area contributed by atoms with Crippen molar-refractivity contribution in [2.24, 2.45) is 5.92 Å². The van der Waals surface area contributed by atoms with Gasteiger partial charge in [0.25, 0.3) is 0 Å². The molecule has 0 aromatic heterocycles. The van der Waals surface area contributed by atoms with Crippen molar-refractivity contribution in [2.45, 2.75) is 32.7 Å². The van der Waals surface area contributed by atoms with Crippen LogP contribution in [0.4, 0.5) is 0 Å². The highest BCUT2D eigenvalue weighted by atomic mass is 16.2. The maximum atomic E-state index is 11.7. The Labute approximate surface area is 96.4 Å². The van der Waals surface area contributed by atoms with E-state index in [0.29, 0.717) is 6.54 Å². The number of rotatable bonds is 5. The Kier molecular flexibility index (Phi) is 5.25. The molecule has 1 rings (SSSR count). The van der Waals surface area contributed by atoms with E-state index in [-0.39, 0.29) is 17.7 Å². The topological polar surface area (TPSA) is 70.2 Å². The predicted molar refractivity (Wildman–Crippen MR) is 61.9 cm³/mol. The fourth-order valence-corrected chi connectivity index (χ4v) is 1.68. The molecule has 1 saturated heterocycles. The zero-order chi connectivity index (χ0) is 12.0. The Morgan fingerprint density at radius 2 is 2.25 bits per heavy atom. The van der Waals surface area contributed by atoms with Crippen molar-refractivity contribution in [1.29, 1.82) is 0 Å². The highest BCUT2D eigenvalue weighted by Crippen LogP contribution is 2.07. The summed E-state index contributed by atoms with van der Waals surface area (Å²) in [5.74, 6) is -0.119. The van der Waals surface area contributed by atoms with E-state index >= 15 is 0 Å². The molecule has 0 bridgehead atoms. The molecular formula is C11H21N3O2. The van der Waals surface area contributed by atoms with Crippen molar-refractivity contribution in [3.05, 3.63) is 0 Å². The number of nitrogens with one attached hydrogen (secondary N) is 3. The molecule has 2 amide bonds. The molecule has 5 nitrogen and oxygen atoms in total. The van der Waals surface area contributed by atoms with Crippen LogP contribution in [0.25, 0.3) is 0 Å². The van der Waals surface area contributed by atoms with E-state index in [2.05, 4.69) is 16.0 Å². The van der Waals surface area contributed by atoms with Crippen LogP contribution in [0.1, 0.15) is 26.7 Å². The minimum atomic E-state index is -0.445. The summed E-state index contributed by atoms with van der Waals surface area (Å²) in [6, 6.07) is -0.445. The van der Waals surface area contributed by atoms with E-state index in [1.165, 1.54) is 0 Å². The Morgan fingerprint density at radius 1 is 1.50 bits per heavy atom. The first-order chi connectivity index (χ1) is 7.65. The zero-order valence-electron chi connectivity index (χ0n) is 10.0. The molecule has 92 valence electrons. The molecule has 0 saturated carbocycles. The monoisotopic (exact) mass is 227 g/mol. The average molecular weight is 227 g/mol. The maximum absolute atomic E-state index is 11.7. The van der Waals surface area contributed by atoms with Gasteiger partial charge in [0.1, 0.15) is 6.04 Å². The second kappa shape index (κ2) is 6.48. The predicted octanol–water partition coefficient (Wildman–Crippen LogP) is -0.373. The van der Waals surface area contributed by atoms with Gasteiger partial charge in [-0.05, 0) is 26.3 Å². The van der Waals surface area contributed by atoms with Gasteiger partial charge in [0.15, 0.2) is 0 Å². The van der Waals surface area contributed by atoms with Crippen molar-refractivity contribution in [3.8, 4) is 0 Å². The molecule has 2 atom stereocenters. The van der Waals surface area contributed by atoms with Crippen molar-refractivity contribution in [1.82, 2.24) is 16.0 Å². The number of amides is 2. The lowest BCUT2D eigenvalue weighted by Crippen LogP contribution is -2.47. The normalized spacial score (nSPS) is 21.5. The molecule has 0 aromatic rings. The molecule has 16 heavy (non-hydrogen) atoms. The fraction of sp³-hybridized carbons (Fsp3) is 0.818. The molecule has 2 unspecified atom stereocenters. The first kappa shape index (κ1) is 13.0. The highest BCUT2D eigenvalue weighted by molar-refractivity contribution is 5.88. The molecule has 0 radical (unpaired) electrons. The first-order valence-electron chi connectivity index (χ1n) is 5.94. The van der Waals surface area contributed by atoms with Crippen LogP contribution >= 0.6 is 0 Å². The van der Waals surface area contributed by atoms with E-state index in [1.54, 1.807) is 6.92 Å². The van der Waals surface area contributed by atoms with E-state index < -0.39 is 6.04 Å². The summed E-state index contributed by atoms with van der Waals surface area (Å²) in [5, 5.41) is 8.63. The second-order valence-electron chi connectivity index (χ2n) is 4.21. The zero-order valence-corrected chi connectivity index (χ0v) is 10.0. The van der Waals surface area contributed by atoms with Gasteiger partial charge < -0.3 is 16.0 Å². The number of hydrogen-bond acceptors (Lipinski definition) is 3. The van der Waals surface area contributed by atoms with Crippen LogP contribution < -0.4 is 16.0 Å². The van der Waals surface area contributed by atoms with Gasteiger partial charge in [0.2, 0.25) is 11.8 Å². The van der Waals surface area contributed by atoms with Gasteiger partial charge in [-0.15, -0.1) is 0 Å². The maximum Gasteiger partial charge on any atom is 0.242 e. The Bertz CT molecular complexity index is 250. The van der Waals surface area contributed by atoms with Crippen LogP contribution in [0.3, 0.4) is 0 Å². The molecule has 0 spiro atoms. The van der Waals surface area contributed by atoms with Crippen molar-refractivity contribution in [3.63, 3.8) is 0 Å². The van der Waals surface area contributed by atoms with Gasteiger partial charge >= 0.3 is 0 Å². The largest absolute Gasteiger partial charge is 0.354 e. The summed E-state index contributed by atoms with van der Waals surface area (Å²) < 4.78 is 0. The third-order valence-corrected chi connectivity index (χ3v) is 2.73. The van der Waals surface area contributed by atoms with Gasteiger partial charge in [0.05, 0.1) is 5.92 Å².